The van der Waals surface area contributed by atoms with Gasteiger partial charge in [-0.2, -0.15) is 0 Å². The average Bonchev–Trinajstić information content (AvgIpc) is 2.49. The van der Waals surface area contributed by atoms with Crippen molar-refractivity contribution in [2.24, 2.45) is 0 Å². The van der Waals surface area contributed by atoms with Crippen LogP contribution in [0.25, 0.3) is 11.3 Å². The summed E-state index contributed by atoms with van der Waals surface area (Å²) in [4.78, 5) is 14.8. The van der Waals surface area contributed by atoms with E-state index in [9.17, 15) is 9.18 Å². The lowest BCUT2D eigenvalue weighted by Gasteiger charge is -2.00. The Labute approximate surface area is 132 Å². The second-order valence-corrected chi connectivity index (χ2v) is 5.10. The van der Waals surface area contributed by atoms with Gasteiger partial charge >= 0.3 is 0 Å². The highest BCUT2D eigenvalue weighted by atomic mass is 32.1. The number of likely N-dealkylation sites (N-methyl/N-ethyl adjacent to an activating group) is 1. The maximum absolute atomic E-state index is 12.9. The van der Waals surface area contributed by atoms with Gasteiger partial charge in [-0.1, -0.05) is 29.7 Å². The van der Waals surface area contributed by atoms with Gasteiger partial charge in [0.1, 0.15) is 5.82 Å². The number of rotatable bonds is 3. The highest BCUT2D eigenvalue weighted by Crippen LogP contribution is 2.19. The number of hydrogen-bond acceptors (Lipinski definition) is 3. The number of carbonyl (C=O) groups is 1. The molecule has 0 radical (unpaired) electrons. The van der Waals surface area contributed by atoms with E-state index < -0.39 is 0 Å². The largest absolute Gasteiger partial charge is 0.359 e. The molecule has 0 atom stereocenters. The quantitative estimate of drug-likeness (QED) is 0.779. The van der Waals surface area contributed by atoms with Crippen molar-refractivity contribution >= 4 is 17.4 Å². The van der Waals surface area contributed by atoms with Crippen LogP contribution >= 0.6 is 11.5 Å². The molecule has 0 bridgehead atoms. The van der Waals surface area contributed by atoms with Crippen molar-refractivity contribution in [3.8, 4) is 11.3 Å². The maximum Gasteiger partial charge on any atom is 0.224 e. The third-order valence-corrected chi connectivity index (χ3v) is 3.62. The second kappa shape index (κ2) is 8.09. The molecular formula is C16H16FN3OS. The second-order valence-electron chi connectivity index (χ2n) is 4.43. The number of nitrogens with one attached hydrogen (secondary N) is 2. The fourth-order valence-corrected chi connectivity index (χ4v) is 2.17. The summed E-state index contributed by atoms with van der Waals surface area (Å²) < 4.78 is 16.0. The van der Waals surface area contributed by atoms with Crippen molar-refractivity contribution < 1.29 is 9.18 Å². The van der Waals surface area contributed by atoms with Crippen LogP contribution in [-0.4, -0.2) is 22.3 Å². The predicted molar refractivity (Wildman–Crippen MR) is 86.1 cm³/mol. The standard InChI is InChI=1S/C9H10FNO.C7H6N2S/c1-11-9(12)6-7-4-2-3-5-8(7)10;1-3-8-4-2-6(1)7-5-10-9-7/h2-5H,6H2,1H3,(H,11,12);1-5,9H. The summed E-state index contributed by atoms with van der Waals surface area (Å²) >= 11 is 1.61. The third kappa shape index (κ3) is 4.53. The van der Waals surface area contributed by atoms with Crippen molar-refractivity contribution in [3.05, 3.63) is 65.6 Å². The van der Waals surface area contributed by atoms with E-state index in [0.29, 0.717) is 5.56 Å². The lowest BCUT2D eigenvalue weighted by molar-refractivity contribution is -0.120. The Hall–Kier alpha value is -2.47. The molecule has 3 rings (SSSR count). The zero-order chi connectivity index (χ0) is 15.8. The van der Waals surface area contributed by atoms with Crippen LogP contribution in [0.15, 0.2) is 54.2 Å². The molecule has 0 aliphatic rings. The molecule has 6 heteroatoms. The van der Waals surface area contributed by atoms with E-state index in [2.05, 4.69) is 20.1 Å². The molecule has 2 heterocycles. The van der Waals surface area contributed by atoms with E-state index in [1.165, 1.54) is 24.4 Å². The highest BCUT2D eigenvalue weighted by Gasteiger charge is 2.04. The molecule has 3 aromatic rings. The fraction of sp³-hybridized carbons (Fsp3) is 0.125. The summed E-state index contributed by atoms with van der Waals surface area (Å²) in [6, 6.07) is 10.2. The monoisotopic (exact) mass is 317 g/mol. The van der Waals surface area contributed by atoms with Crippen LogP contribution in [0.4, 0.5) is 4.39 Å². The Bertz CT molecular complexity index is 700. The molecule has 2 N–H and O–H groups in total. The van der Waals surface area contributed by atoms with E-state index >= 15 is 0 Å². The highest BCUT2D eigenvalue weighted by molar-refractivity contribution is 7.05. The lowest BCUT2D eigenvalue weighted by Crippen LogP contribution is -2.20. The number of halogens is 1. The maximum atomic E-state index is 12.9. The number of benzene rings is 1. The van der Waals surface area contributed by atoms with Gasteiger partial charge in [0.25, 0.3) is 0 Å². The Kier molecular flexibility index (Phi) is 5.85. The molecule has 114 valence electrons. The summed E-state index contributed by atoms with van der Waals surface area (Å²) in [6.45, 7) is 0. The Morgan fingerprint density at radius 2 is 1.95 bits per heavy atom. The number of H-pyrrole nitrogens is 1. The van der Waals surface area contributed by atoms with Crippen LogP contribution < -0.4 is 5.32 Å². The van der Waals surface area contributed by atoms with Crippen molar-refractivity contribution in [2.75, 3.05) is 7.05 Å². The van der Waals surface area contributed by atoms with Gasteiger partial charge in [-0.15, -0.1) is 0 Å². The molecule has 0 saturated carbocycles. The molecule has 22 heavy (non-hydrogen) atoms. The Morgan fingerprint density at radius 3 is 2.50 bits per heavy atom. The normalized spacial score (nSPS) is 9.73. The minimum Gasteiger partial charge on any atom is -0.359 e. The van der Waals surface area contributed by atoms with Gasteiger partial charge in [-0.25, -0.2) is 4.39 Å². The van der Waals surface area contributed by atoms with E-state index in [1.807, 2.05) is 12.1 Å². The summed E-state index contributed by atoms with van der Waals surface area (Å²) in [5.41, 5.74) is 2.82. The van der Waals surface area contributed by atoms with Crippen molar-refractivity contribution in [1.29, 1.82) is 0 Å². The first-order valence-electron chi connectivity index (χ1n) is 6.67. The molecule has 1 amide bonds. The number of amides is 1. The van der Waals surface area contributed by atoms with Gasteiger partial charge in [0.2, 0.25) is 5.91 Å². The molecular weight excluding hydrogens is 301 g/mol. The molecule has 0 saturated heterocycles. The Morgan fingerprint density at radius 1 is 1.27 bits per heavy atom. The topological polar surface area (TPSA) is 57.8 Å². The number of pyridine rings is 1. The molecule has 0 spiro atoms. The molecule has 0 fully saturated rings. The Balaban J connectivity index is 0.000000162. The van der Waals surface area contributed by atoms with Crippen molar-refractivity contribution in [3.63, 3.8) is 0 Å². The van der Waals surface area contributed by atoms with E-state index in [-0.39, 0.29) is 18.1 Å². The minimum absolute atomic E-state index is 0.100. The lowest BCUT2D eigenvalue weighted by atomic mass is 10.1. The number of hydrogen-bond donors (Lipinski definition) is 2. The van der Waals surface area contributed by atoms with Crippen LogP contribution in [0.2, 0.25) is 0 Å². The van der Waals surface area contributed by atoms with Gasteiger partial charge in [0, 0.05) is 30.4 Å². The zero-order valence-corrected chi connectivity index (χ0v) is 12.9. The molecule has 4 nitrogen and oxygen atoms in total. The summed E-state index contributed by atoms with van der Waals surface area (Å²) in [5, 5.41) is 4.51. The summed E-state index contributed by atoms with van der Waals surface area (Å²) in [7, 11) is 1.53. The van der Waals surface area contributed by atoms with Crippen molar-refractivity contribution in [2.45, 2.75) is 6.42 Å². The third-order valence-electron chi connectivity index (χ3n) is 2.92. The van der Waals surface area contributed by atoms with Crippen LogP contribution in [0.1, 0.15) is 5.56 Å². The first-order chi connectivity index (χ1) is 10.7. The average molecular weight is 317 g/mol. The van der Waals surface area contributed by atoms with Crippen LogP contribution in [0, 0.1) is 5.82 Å². The molecule has 1 aromatic carbocycles. The smallest absolute Gasteiger partial charge is 0.224 e. The summed E-state index contributed by atoms with van der Waals surface area (Å²) in [6.07, 6.45) is 3.69. The number of aromatic amines is 1. The SMILES string of the molecule is CNC(=O)Cc1ccccc1F.c1cc(-c2cs[nH]2)ccn1. The first-order valence-corrected chi connectivity index (χ1v) is 7.55. The van der Waals surface area contributed by atoms with Crippen LogP contribution in [0.5, 0.6) is 0 Å². The molecule has 0 unspecified atom stereocenters. The van der Waals surface area contributed by atoms with Crippen molar-refractivity contribution in [1.82, 2.24) is 14.7 Å². The van der Waals surface area contributed by atoms with E-state index in [0.717, 1.165) is 0 Å². The first kappa shape index (κ1) is 15.9. The number of carbonyl (C=O) groups excluding carboxylic acids is 1. The van der Waals surface area contributed by atoms with Gasteiger partial charge in [-0.3, -0.25) is 9.78 Å². The van der Waals surface area contributed by atoms with Gasteiger partial charge in [0.15, 0.2) is 0 Å². The number of nitrogens with zero attached hydrogens (tertiary/aromatic N) is 1. The number of aromatic nitrogens is 2. The predicted octanol–water partition coefficient (Wildman–Crippen LogP) is 3.25. The minimum atomic E-state index is -0.332. The van der Waals surface area contributed by atoms with Gasteiger partial charge in [-0.05, 0) is 23.8 Å². The van der Waals surface area contributed by atoms with Crippen LogP contribution in [-0.2, 0) is 11.2 Å². The fourth-order valence-electron chi connectivity index (χ4n) is 1.68. The molecule has 0 aliphatic carbocycles. The van der Waals surface area contributed by atoms with E-state index in [1.54, 1.807) is 42.1 Å². The summed E-state index contributed by atoms with van der Waals surface area (Å²) in [5.74, 6) is -0.513. The van der Waals surface area contributed by atoms with E-state index in [4.69, 9.17) is 0 Å². The molecule has 2 aromatic heterocycles. The van der Waals surface area contributed by atoms with Gasteiger partial charge < -0.3 is 9.69 Å². The molecule has 0 aliphatic heterocycles. The van der Waals surface area contributed by atoms with Gasteiger partial charge in [0.05, 0.1) is 12.1 Å². The van der Waals surface area contributed by atoms with Crippen LogP contribution in [0.3, 0.4) is 0 Å². The zero-order valence-electron chi connectivity index (χ0n) is 12.0.